The van der Waals surface area contributed by atoms with Gasteiger partial charge in [0.05, 0.1) is 13.2 Å². The quantitative estimate of drug-likeness (QED) is 0.799. The predicted octanol–water partition coefficient (Wildman–Crippen LogP) is 3.55. The van der Waals surface area contributed by atoms with Crippen LogP contribution < -0.4 is 9.47 Å². The highest BCUT2D eigenvalue weighted by Crippen LogP contribution is 2.38. The molecule has 1 aromatic heterocycles. The van der Waals surface area contributed by atoms with Gasteiger partial charge in [-0.1, -0.05) is 23.7 Å². The average Bonchev–Trinajstić information content (AvgIpc) is 3.15. The first-order valence-electron chi connectivity index (χ1n) is 8.99. The highest BCUT2D eigenvalue weighted by molar-refractivity contribution is 6.29. The van der Waals surface area contributed by atoms with E-state index >= 15 is 0 Å². The molecule has 1 aliphatic carbocycles. The van der Waals surface area contributed by atoms with Crippen LogP contribution >= 0.6 is 11.6 Å². The number of fused-ring (bicyclic) bond motifs is 1. The van der Waals surface area contributed by atoms with E-state index in [4.69, 9.17) is 25.8 Å². The van der Waals surface area contributed by atoms with E-state index in [1.807, 2.05) is 13.0 Å². The van der Waals surface area contributed by atoms with Crippen LogP contribution in [0.3, 0.4) is 0 Å². The minimum atomic E-state index is -0.484. The van der Waals surface area contributed by atoms with Gasteiger partial charge in [-0.05, 0) is 42.9 Å². The van der Waals surface area contributed by atoms with E-state index in [1.165, 1.54) is 17.2 Å². The molecule has 0 bridgehead atoms. The van der Waals surface area contributed by atoms with Gasteiger partial charge in [0.2, 0.25) is 0 Å². The Labute approximate surface area is 162 Å². The maximum absolute atomic E-state index is 12.4. The number of hydrogen-bond donors (Lipinski definition) is 0. The number of amides is 1. The Morgan fingerprint density at radius 2 is 2.04 bits per heavy atom. The van der Waals surface area contributed by atoms with Crippen molar-refractivity contribution in [3.63, 3.8) is 0 Å². The van der Waals surface area contributed by atoms with Crippen molar-refractivity contribution >= 4 is 17.7 Å². The molecule has 142 valence electrons. The van der Waals surface area contributed by atoms with Crippen molar-refractivity contribution in [2.45, 2.75) is 26.2 Å². The lowest BCUT2D eigenvalue weighted by Crippen LogP contribution is -2.42. The number of nitrogens with zero attached hydrogens (tertiary/aromatic N) is 3. The molecule has 7 nitrogen and oxygen atoms in total. The molecule has 27 heavy (non-hydrogen) atoms. The van der Waals surface area contributed by atoms with Crippen molar-refractivity contribution in [3.8, 4) is 17.4 Å². The third-order valence-corrected chi connectivity index (χ3v) is 4.97. The molecule has 2 aromatic rings. The second-order valence-corrected chi connectivity index (χ2v) is 7.00. The molecular weight excluding hydrogens is 370 g/mol. The van der Waals surface area contributed by atoms with Gasteiger partial charge in [-0.25, -0.2) is 4.79 Å². The summed E-state index contributed by atoms with van der Waals surface area (Å²) in [7, 11) is 0. The third-order valence-electron chi connectivity index (χ3n) is 4.79. The zero-order valence-electron chi connectivity index (χ0n) is 15.0. The van der Waals surface area contributed by atoms with Gasteiger partial charge in [0.15, 0.2) is 10.9 Å². The summed E-state index contributed by atoms with van der Waals surface area (Å²) < 4.78 is 16.9. The predicted molar refractivity (Wildman–Crippen MR) is 98.7 cm³/mol. The van der Waals surface area contributed by atoms with Gasteiger partial charge in [-0.2, -0.15) is 0 Å². The Hall–Kier alpha value is -2.38. The van der Waals surface area contributed by atoms with Gasteiger partial charge in [0.1, 0.15) is 5.75 Å². The fourth-order valence-electron chi connectivity index (χ4n) is 3.38. The first-order valence-corrected chi connectivity index (χ1v) is 9.36. The summed E-state index contributed by atoms with van der Waals surface area (Å²) in [5.74, 6) is 1.04. The molecular formula is C19H20ClN3O4. The number of rotatable bonds is 3. The van der Waals surface area contributed by atoms with Crippen molar-refractivity contribution in [1.82, 2.24) is 15.1 Å². The van der Waals surface area contributed by atoms with Crippen LogP contribution in [-0.4, -0.2) is 47.5 Å². The van der Waals surface area contributed by atoms with E-state index in [0.29, 0.717) is 26.3 Å². The summed E-state index contributed by atoms with van der Waals surface area (Å²) in [5, 5.41) is 7.99. The fourth-order valence-corrected chi connectivity index (χ4v) is 3.51. The Balaban J connectivity index is 1.61. The standard InChI is InChI=1S/C19H20ClN3O4/c1-12-5-6-13-3-2-4-14(13)17(12)27-18-15(11-16(20)21-22-18)26-19(24)23-7-9-25-10-8-23/h5-6,11H,2-4,7-10H2,1H3. The number of benzene rings is 1. The van der Waals surface area contributed by atoms with Crippen molar-refractivity contribution in [2.75, 3.05) is 26.3 Å². The number of aromatic nitrogens is 2. The lowest BCUT2D eigenvalue weighted by atomic mass is 10.1. The minimum Gasteiger partial charge on any atom is -0.434 e. The van der Waals surface area contributed by atoms with Crippen molar-refractivity contribution in [3.05, 3.63) is 40.0 Å². The zero-order chi connectivity index (χ0) is 18.8. The Bertz CT molecular complexity index is 868. The Morgan fingerprint density at radius 3 is 2.85 bits per heavy atom. The Morgan fingerprint density at radius 1 is 1.22 bits per heavy atom. The number of ether oxygens (including phenoxy) is 3. The van der Waals surface area contributed by atoms with E-state index in [-0.39, 0.29) is 16.8 Å². The highest BCUT2D eigenvalue weighted by Gasteiger charge is 2.24. The smallest absolute Gasteiger partial charge is 0.415 e. The molecule has 0 N–H and O–H groups in total. The van der Waals surface area contributed by atoms with E-state index in [1.54, 1.807) is 4.90 Å². The number of hydrogen-bond acceptors (Lipinski definition) is 6. The van der Waals surface area contributed by atoms with Crippen molar-refractivity contribution < 1.29 is 19.0 Å². The SMILES string of the molecule is Cc1ccc2c(c1Oc1nnc(Cl)cc1OC(=O)N1CCOCC1)CCC2. The second kappa shape index (κ2) is 7.70. The molecule has 8 heteroatoms. The van der Waals surface area contributed by atoms with Gasteiger partial charge in [0, 0.05) is 19.2 Å². The van der Waals surface area contributed by atoms with E-state index < -0.39 is 6.09 Å². The monoisotopic (exact) mass is 389 g/mol. The third kappa shape index (κ3) is 3.84. The van der Waals surface area contributed by atoms with E-state index in [2.05, 4.69) is 16.3 Å². The van der Waals surface area contributed by atoms with Crippen LogP contribution in [0.4, 0.5) is 4.79 Å². The fraction of sp³-hybridized carbons (Fsp3) is 0.421. The van der Waals surface area contributed by atoms with E-state index in [0.717, 1.165) is 30.6 Å². The second-order valence-electron chi connectivity index (χ2n) is 6.61. The topological polar surface area (TPSA) is 73.8 Å². The summed E-state index contributed by atoms with van der Waals surface area (Å²) in [4.78, 5) is 14.0. The molecule has 0 saturated carbocycles. The summed E-state index contributed by atoms with van der Waals surface area (Å²) in [6, 6.07) is 5.61. The van der Waals surface area contributed by atoms with Gasteiger partial charge in [-0.15, -0.1) is 10.2 Å². The number of halogens is 1. The van der Waals surface area contributed by atoms with Crippen LogP contribution in [0, 0.1) is 6.92 Å². The molecule has 1 aromatic carbocycles. The van der Waals surface area contributed by atoms with Crippen LogP contribution in [0.15, 0.2) is 18.2 Å². The van der Waals surface area contributed by atoms with Crippen molar-refractivity contribution in [2.24, 2.45) is 0 Å². The lowest BCUT2D eigenvalue weighted by Gasteiger charge is -2.26. The molecule has 0 radical (unpaired) electrons. The minimum absolute atomic E-state index is 0.127. The molecule has 0 unspecified atom stereocenters. The van der Waals surface area contributed by atoms with Crippen LogP contribution in [0.2, 0.25) is 5.15 Å². The summed E-state index contributed by atoms with van der Waals surface area (Å²) in [6.07, 6.45) is 2.61. The van der Waals surface area contributed by atoms with Gasteiger partial charge < -0.3 is 19.1 Å². The van der Waals surface area contributed by atoms with Gasteiger partial charge in [0.25, 0.3) is 5.88 Å². The molecule has 1 saturated heterocycles. The molecule has 0 atom stereocenters. The van der Waals surface area contributed by atoms with Crippen LogP contribution in [0.25, 0.3) is 0 Å². The molecule has 1 aliphatic heterocycles. The van der Waals surface area contributed by atoms with Crippen LogP contribution in [-0.2, 0) is 17.6 Å². The number of morpholine rings is 1. The Kier molecular flexibility index (Phi) is 5.13. The molecule has 1 fully saturated rings. The first kappa shape index (κ1) is 18.0. The zero-order valence-corrected chi connectivity index (χ0v) is 15.8. The molecule has 2 aliphatic rings. The lowest BCUT2D eigenvalue weighted by molar-refractivity contribution is 0.0413. The van der Waals surface area contributed by atoms with Gasteiger partial charge >= 0.3 is 6.09 Å². The first-order chi connectivity index (χ1) is 13.1. The van der Waals surface area contributed by atoms with E-state index in [9.17, 15) is 4.79 Å². The maximum atomic E-state index is 12.4. The summed E-state index contributed by atoms with van der Waals surface area (Å²) in [6.45, 7) is 3.92. The molecule has 4 rings (SSSR count). The molecule has 0 spiro atoms. The van der Waals surface area contributed by atoms with Crippen LogP contribution in [0.1, 0.15) is 23.1 Å². The normalized spacial score (nSPS) is 16.1. The highest BCUT2D eigenvalue weighted by atomic mass is 35.5. The largest absolute Gasteiger partial charge is 0.434 e. The summed E-state index contributed by atoms with van der Waals surface area (Å²) in [5.41, 5.74) is 3.46. The number of carbonyl (C=O) groups excluding carboxylic acids is 1. The summed E-state index contributed by atoms with van der Waals surface area (Å²) >= 11 is 5.96. The van der Waals surface area contributed by atoms with Crippen LogP contribution in [0.5, 0.6) is 17.4 Å². The van der Waals surface area contributed by atoms with Gasteiger partial charge in [-0.3, -0.25) is 0 Å². The molecule has 1 amide bonds. The average molecular weight is 390 g/mol. The maximum Gasteiger partial charge on any atom is 0.415 e. The number of aryl methyl sites for hydroxylation is 2. The van der Waals surface area contributed by atoms with Crippen molar-refractivity contribution in [1.29, 1.82) is 0 Å². The molecule has 2 heterocycles. The number of carbonyl (C=O) groups is 1.